The Morgan fingerprint density at radius 1 is 0.897 bits per heavy atom. The predicted molar refractivity (Wildman–Crippen MR) is 138 cm³/mol. The summed E-state index contributed by atoms with van der Waals surface area (Å²) in [6.45, 7) is 0.144. The fourth-order valence-electron chi connectivity index (χ4n) is 5.75. The van der Waals surface area contributed by atoms with Crippen LogP contribution in [0.2, 0.25) is 5.02 Å². The van der Waals surface area contributed by atoms with Crippen molar-refractivity contribution in [2.75, 3.05) is 34.7 Å². The Labute approximate surface area is 229 Å². The van der Waals surface area contributed by atoms with E-state index < -0.39 is 29.8 Å². The summed E-state index contributed by atoms with van der Waals surface area (Å²) in [5, 5.41) is 0.273. The van der Waals surface area contributed by atoms with Gasteiger partial charge in [0.15, 0.2) is 23.0 Å². The zero-order valence-corrected chi connectivity index (χ0v) is 22.2. The topological polar surface area (TPSA) is 98.8 Å². The van der Waals surface area contributed by atoms with Crippen LogP contribution in [0.1, 0.15) is 39.1 Å². The van der Waals surface area contributed by atoms with Crippen molar-refractivity contribution in [2.45, 2.75) is 12.0 Å². The Morgan fingerprint density at radius 2 is 1.56 bits per heavy atom. The lowest BCUT2D eigenvalue weighted by Gasteiger charge is -2.38. The van der Waals surface area contributed by atoms with E-state index in [0.717, 1.165) is 11.1 Å². The summed E-state index contributed by atoms with van der Waals surface area (Å²) in [5.41, 5.74) is 2.41. The molecule has 202 valence electrons. The number of esters is 2. The van der Waals surface area contributed by atoms with Gasteiger partial charge >= 0.3 is 11.9 Å². The number of carbonyl (C=O) groups is 2. The molecule has 0 saturated carbocycles. The Bertz CT molecular complexity index is 1440. The van der Waals surface area contributed by atoms with Crippen molar-refractivity contribution in [3.8, 4) is 28.7 Å². The van der Waals surface area contributed by atoms with Crippen molar-refractivity contribution in [2.24, 2.45) is 11.8 Å². The van der Waals surface area contributed by atoms with Crippen LogP contribution in [-0.4, -0.2) is 46.7 Å². The second-order valence-corrected chi connectivity index (χ2v) is 9.80. The van der Waals surface area contributed by atoms with Crippen molar-refractivity contribution in [3.05, 3.63) is 75.8 Å². The van der Waals surface area contributed by atoms with Crippen LogP contribution in [0, 0.1) is 11.8 Å². The van der Waals surface area contributed by atoms with E-state index in [1.807, 2.05) is 24.3 Å². The standard InChI is InChI=1S/C29H25ClO9/c1-33-22-8-14(9-23(34-2)27(22)35-3)24-16-10-20-21(38-13-37-20)11-17(16)26(18-12-36-29(32)25(18)24)39-28(31)15-6-4-5-7-19(15)30/h4-11,18,24-26H,12-13H2,1-3H3/t18-,24+,25-,26-/m0/s1. The number of benzene rings is 3. The van der Waals surface area contributed by atoms with Gasteiger partial charge in [-0.3, -0.25) is 4.79 Å². The van der Waals surface area contributed by atoms with Crippen LogP contribution in [0.15, 0.2) is 48.5 Å². The molecule has 1 saturated heterocycles. The van der Waals surface area contributed by atoms with Crippen LogP contribution in [0.5, 0.6) is 28.7 Å². The van der Waals surface area contributed by atoms with Crippen LogP contribution in [-0.2, 0) is 14.3 Å². The number of ether oxygens (including phenoxy) is 7. The maximum Gasteiger partial charge on any atom is 0.340 e. The monoisotopic (exact) mass is 552 g/mol. The number of cyclic esters (lactones) is 1. The molecular weight excluding hydrogens is 528 g/mol. The molecule has 2 heterocycles. The molecule has 0 spiro atoms. The molecule has 2 aliphatic heterocycles. The molecule has 4 atom stereocenters. The minimum absolute atomic E-state index is 0.0616. The molecule has 9 nitrogen and oxygen atoms in total. The van der Waals surface area contributed by atoms with Crippen molar-refractivity contribution < 1.29 is 42.7 Å². The van der Waals surface area contributed by atoms with Gasteiger partial charge in [0.05, 0.1) is 44.4 Å². The largest absolute Gasteiger partial charge is 0.493 e. The van der Waals surface area contributed by atoms with Gasteiger partial charge in [0.1, 0.15) is 6.10 Å². The van der Waals surface area contributed by atoms with E-state index >= 15 is 0 Å². The first-order valence-electron chi connectivity index (χ1n) is 12.3. The molecule has 39 heavy (non-hydrogen) atoms. The first-order chi connectivity index (χ1) is 18.9. The number of hydrogen-bond acceptors (Lipinski definition) is 9. The van der Waals surface area contributed by atoms with Gasteiger partial charge in [-0.2, -0.15) is 0 Å². The molecule has 0 N–H and O–H groups in total. The molecule has 6 rings (SSSR count). The van der Waals surface area contributed by atoms with Crippen LogP contribution in [0.3, 0.4) is 0 Å². The van der Waals surface area contributed by atoms with Crippen LogP contribution in [0.4, 0.5) is 0 Å². The average Bonchev–Trinajstić information content (AvgIpc) is 3.57. The van der Waals surface area contributed by atoms with E-state index in [9.17, 15) is 9.59 Å². The highest BCUT2D eigenvalue weighted by Gasteiger charge is 2.54. The molecule has 3 aromatic rings. The molecule has 3 aliphatic rings. The van der Waals surface area contributed by atoms with E-state index in [4.69, 9.17) is 44.8 Å². The highest BCUT2D eigenvalue weighted by Crippen LogP contribution is 2.56. The first-order valence-corrected chi connectivity index (χ1v) is 12.7. The summed E-state index contributed by atoms with van der Waals surface area (Å²) in [6.07, 6.45) is -0.798. The molecule has 0 aromatic heterocycles. The van der Waals surface area contributed by atoms with Crippen LogP contribution >= 0.6 is 11.6 Å². The summed E-state index contributed by atoms with van der Waals surface area (Å²) in [6, 6.07) is 13.9. The Balaban J connectivity index is 1.53. The third-order valence-electron chi connectivity index (χ3n) is 7.49. The molecule has 0 radical (unpaired) electrons. The molecule has 3 aromatic carbocycles. The van der Waals surface area contributed by atoms with Crippen LogP contribution in [0.25, 0.3) is 0 Å². The van der Waals surface area contributed by atoms with E-state index in [0.29, 0.717) is 34.3 Å². The maximum atomic E-state index is 13.3. The lowest BCUT2D eigenvalue weighted by atomic mass is 9.66. The summed E-state index contributed by atoms with van der Waals surface area (Å²) in [5.74, 6) is -0.216. The zero-order chi connectivity index (χ0) is 27.3. The van der Waals surface area contributed by atoms with Gasteiger partial charge < -0.3 is 33.2 Å². The number of methoxy groups -OCH3 is 3. The Morgan fingerprint density at radius 3 is 2.21 bits per heavy atom. The quantitative estimate of drug-likeness (QED) is 0.394. The van der Waals surface area contributed by atoms with E-state index in [-0.39, 0.29) is 30.0 Å². The summed E-state index contributed by atoms with van der Waals surface area (Å²) in [4.78, 5) is 26.6. The fraction of sp³-hybridized carbons (Fsp3) is 0.310. The lowest BCUT2D eigenvalue weighted by molar-refractivity contribution is -0.141. The van der Waals surface area contributed by atoms with Gasteiger partial charge in [0.25, 0.3) is 0 Å². The van der Waals surface area contributed by atoms with Gasteiger partial charge in [0.2, 0.25) is 12.5 Å². The highest BCUT2D eigenvalue weighted by molar-refractivity contribution is 6.33. The molecule has 0 amide bonds. The fourth-order valence-corrected chi connectivity index (χ4v) is 5.96. The summed E-state index contributed by atoms with van der Waals surface area (Å²) >= 11 is 6.28. The van der Waals surface area contributed by atoms with Crippen molar-refractivity contribution >= 4 is 23.5 Å². The number of carbonyl (C=O) groups excluding carboxylic acids is 2. The molecule has 1 fully saturated rings. The van der Waals surface area contributed by atoms with Crippen molar-refractivity contribution in [1.82, 2.24) is 0 Å². The second-order valence-electron chi connectivity index (χ2n) is 9.40. The minimum atomic E-state index is -0.798. The SMILES string of the molecule is COc1cc([C@@H]2c3cc4c(cc3[C@H](OC(=O)c3ccccc3Cl)[C@H]3COC(=O)[C@H]23)OCO4)cc(OC)c1OC. The normalized spacial score (nSPS) is 22.4. The summed E-state index contributed by atoms with van der Waals surface area (Å²) in [7, 11) is 4.59. The minimum Gasteiger partial charge on any atom is -0.493 e. The van der Waals surface area contributed by atoms with Crippen LogP contribution < -0.4 is 23.7 Å². The number of halogens is 1. The summed E-state index contributed by atoms with van der Waals surface area (Å²) < 4.78 is 39.7. The zero-order valence-electron chi connectivity index (χ0n) is 21.4. The van der Waals surface area contributed by atoms with Gasteiger partial charge in [-0.1, -0.05) is 23.7 Å². The van der Waals surface area contributed by atoms with Gasteiger partial charge in [-0.15, -0.1) is 0 Å². The smallest absolute Gasteiger partial charge is 0.340 e. The predicted octanol–water partition coefficient (Wildman–Crippen LogP) is 4.93. The van der Waals surface area contributed by atoms with Gasteiger partial charge in [-0.05, 0) is 47.5 Å². The average molecular weight is 553 g/mol. The number of rotatable bonds is 6. The molecule has 10 heteroatoms. The number of hydrogen-bond donors (Lipinski definition) is 0. The Kier molecular flexibility index (Phi) is 6.38. The Hall–Kier alpha value is -4.11. The van der Waals surface area contributed by atoms with Gasteiger partial charge in [0, 0.05) is 17.4 Å². The first kappa shape index (κ1) is 25.2. The van der Waals surface area contributed by atoms with Crippen molar-refractivity contribution in [3.63, 3.8) is 0 Å². The van der Waals surface area contributed by atoms with E-state index in [1.165, 1.54) is 21.3 Å². The van der Waals surface area contributed by atoms with Gasteiger partial charge in [-0.25, -0.2) is 4.79 Å². The molecule has 0 bridgehead atoms. The maximum absolute atomic E-state index is 13.3. The highest BCUT2D eigenvalue weighted by atomic mass is 35.5. The molecule has 1 aliphatic carbocycles. The van der Waals surface area contributed by atoms with E-state index in [2.05, 4.69) is 0 Å². The van der Waals surface area contributed by atoms with Crippen molar-refractivity contribution in [1.29, 1.82) is 0 Å². The third-order valence-corrected chi connectivity index (χ3v) is 7.82. The number of fused-ring (bicyclic) bond motifs is 3. The molecular formula is C29H25ClO9. The lowest BCUT2D eigenvalue weighted by Crippen LogP contribution is -2.36. The van der Waals surface area contributed by atoms with E-state index in [1.54, 1.807) is 24.3 Å². The second kappa shape index (κ2) is 9.89. The third kappa shape index (κ3) is 4.08. The molecule has 0 unspecified atom stereocenters.